The van der Waals surface area contributed by atoms with Gasteiger partial charge in [0.2, 0.25) is 0 Å². The Morgan fingerprint density at radius 1 is 1.33 bits per heavy atom. The molecule has 2 fully saturated rings. The fourth-order valence-corrected chi connectivity index (χ4v) is 3.25. The number of ether oxygens (including phenoxy) is 1. The van der Waals surface area contributed by atoms with Gasteiger partial charge in [0.05, 0.1) is 24.4 Å². The molecule has 1 aliphatic carbocycles. The van der Waals surface area contributed by atoms with Gasteiger partial charge in [0.15, 0.2) is 0 Å². The maximum Gasteiger partial charge on any atom is 0.113 e. The molecule has 4 heteroatoms. The van der Waals surface area contributed by atoms with E-state index in [0.29, 0.717) is 5.92 Å². The van der Waals surface area contributed by atoms with E-state index < -0.39 is 0 Å². The van der Waals surface area contributed by atoms with Crippen LogP contribution in [0, 0.1) is 24.7 Å². The summed E-state index contributed by atoms with van der Waals surface area (Å²) in [5.41, 5.74) is 4.31. The number of nitrogens with zero attached hydrogens (tertiary/aromatic N) is 3. The highest BCUT2D eigenvalue weighted by molar-refractivity contribution is 5.64. The van der Waals surface area contributed by atoms with Crippen molar-refractivity contribution >= 4 is 0 Å². The first-order valence-corrected chi connectivity index (χ1v) is 8.69. The molecule has 0 bridgehead atoms. The smallest absolute Gasteiger partial charge is 0.113 e. The summed E-state index contributed by atoms with van der Waals surface area (Å²) in [6.45, 7) is 7.11. The van der Waals surface area contributed by atoms with Crippen molar-refractivity contribution in [2.24, 2.45) is 5.92 Å². The lowest BCUT2D eigenvalue weighted by molar-refractivity contribution is -0.189. The van der Waals surface area contributed by atoms with Gasteiger partial charge in [0.1, 0.15) is 5.69 Å². The van der Waals surface area contributed by atoms with E-state index in [1.807, 2.05) is 10.9 Å². The van der Waals surface area contributed by atoms with Crippen LogP contribution in [-0.2, 0) is 11.3 Å². The first-order valence-electron chi connectivity index (χ1n) is 8.69. The zero-order valence-electron chi connectivity index (χ0n) is 14.5. The number of rotatable bonds is 3. The quantitative estimate of drug-likeness (QED) is 0.811. The van der Waals surface area contributed by atoms with E-state index in [-0.39, 0.29) is 11.7 Å². The Morgan fingerprint density at radius 2 is 2.12 bits per heavy atom. The van der Waals surface area contributed by atoms with Crippen LogP contribution in [0.4, 0.5) is 0 Å². The second kappa shape index (κ2) is 5.75. The molecule has 24 heavy (non-hydrogen) atoms. The van der Waals surface area contributed by atoms with E-state index in [2.05, 4.69) is 61.1 Å². The van der Waals surface area contributed by atoms with E-state index in [9.17, 15) is 0 Å². The zero-order chi connectivity index (χ0) is 16.7. The van der Waals surface area contributed by atoms with Gasteiger partial charge in [-0.05, 0) is 51.3 Å². The van der Waals surface area contributed by atoms with Gasteiger partial charge >= 0.3 is 0 Å². The number of aryl methyl sites for hydroxylation is 1. The van der Waals surface area contributed by atoms with Gasteiger partial charge in [0, 0.05) is 23.5 Å². The molecular formula is C20H23N3O. The number of hydrogen-bond donors (Lipinski definition) is 0. The molecule has 2 heterocycles. The first kappa shape index (κ1) is 15.4. The van der Waals surface area contributed by atoms with Crippen LogP contribution in [0.25, 0.3) is 11.3 Å². The van der Waals surface area contributed by atoms with Crippen LogP contribution in [0.2, 0.25) is 0 Å². The Bertz CT molecular complexity index is 813. The summed E-state index contributed by atoms with van der Waals surface area (Å²) in [7, 11) is 0. The summed E-state index contributed by atoms with van der Waals surface area (Å²) in [6, 6.07) is 6.32. The molecule has 0 N–H and O–H groups in total. The minimum atomic E-state index is 0.0159. The van der Waals surface area contributed by atoms with Gasteiger partial charge in [0.25, 0.3) is 0 Å². The molecule has 124 valence electrons. The van der Waals surface area contributed by atoms with Crippen LogP contribution in [0.3, 0.4) is 0 Å². The van der Waals surface area contributed by atoms with Crippen molar-refractivity contribution in [1.29, 1.82) is 0 Å². The summed E-state index contributed by atoms with van der Waals surface area (Å²) in [6.07, 6.45) is 5.84. The van der Waals surface area contributed by atoms with Crippen LogP contribution in [0.1, 0.15) is 44.2 Å². The molecule has 1 unspecified atom stereocenters. The maximum absolute atomic E-state index is 5.83. The van der Waals surface area contributed by atoms with Crippen molar-refractivity contribution in [3.8, 4) is 23.1 Å². The second-order valence-corrected chi connectivity index (χ2v) is 7.60. The standard InChI is InChI=1S/C20H23N3O/c1-14-10-16(7-6-15-4-5-15)8-9-18(14)19-13-23(22-21-19)12-17-11-20(2,3)24-17/h8-10,13,15,17H,4-5,11-12H2,1-3H3. The Labute approximate surface area is 143 Å². The maximum atomic E-state index is 5.83. The minimum Gasteiger partial charge on any atom is -0.370 e. The Morgan fingerprint density at radius 3 is 2.79 bits per heavy atom. The number of benzene rings is 1. The average molecular weight is 321 g/mol. The first-order chi connectivity index (χ1) is 11.5. The molecule has 1 saturated carbocycles. The van der Waals surface area contributed by atoms with Gasteiger partial charge < -0.3 is 4.74 Å². The van der Waals surface area contributed by atoms with Crippen molar-refractivity contribution in [3.05, 3.63) is 35.5 Å². The topological polar surface area (TPSA) is 39.9 Å². The third-order valence-electron chi connectivity index (χ3n) is 4.63. The van der Waals surface area contributed by atoms with Crippen LogP contribution >= 0.6 is 0 Å². The molecule has 4 nitrogen and oxygen atoms in total. The largest absolute Gasteiger partial charge is 0.370 e. The van der Waals surface area contributed by atoms with Crippen molar-refractivity contribution in [3.63, 3.8) is 0 Å². The number of hydrogen-bond acceptors (Lipinski definition) is 3. The van der Waals surface area contributed by atoms with Gasteiger partial charge in [-0.15, -0.1) is 5.10 Å². The molecule has 2 aliphatic rings. The van der Waals surface area contributed by atoms with Gasteiger partial charge in [-0.1, -0.05) is 23.1 Å². The molecule has 1 aromatic heterocycles. The molecule has 1 aromatic carbocycles. The predicted molar refractivity (Wildman–Crippen MR) is 93.4 cm³/mol. The fourth-order valence-electron chi connectivity index (χ4n) is 3.25. The Balaban J connectivity index is 1.47. The monoisotopic (exact) mass is 321 g/mol. The average Bonchev–Trinajstić information content (AvgIpc) is 3.22. The summed E-state index contributed by atoms with van der Waals surface area (Å²) >= 11 is 0. The van der Waals surface area contributed by atoms with E-state index in [1.165, 1.54) is 18.4 Å². The normalized spacial score (nSPS) is 21.7. The highest BCUT2D eigenvalue weighted by Gasteiger charge is 2.37. The van der Waals surface area contributed by atoms with Crippen LogP contribution in [0.5, 0.6) is 0 Å². The number of aromatic nitrogens is 3. The van der Waals surface area contributed by atoms with E-state index in [1.54, 1.807) is 0 Å². The lowest BCUT2D eigenvalue weighted by atomic mass is 9.93. The summed E-state index contributed by atoms with van der Waals surface area (Å²) in [4.78, 5) is 0. The third kappa shape index (κ3) is 3.37. The molecule has 4 rings (SSSR count). The predicted octanol–water partition coefficient (Wildman–Crippen LogP) is 3.58. The van der Waals surface area contributed by atoms with Crippen molar-refractivity contribution in [2.75, 3.05) is 0 Å². The van der Waals surface area contributed by atoms with E-state index in [0.717, 1.165) is 29.8 Å². The Hall–Kier alpha value is -2.12. The Kier molecular flexibility index (Phi) is 3.69. The van der Waals surface area contributed by atoms with Gasteiger partial charge in [-0.3, -0.25) is 0 Å². The lowest BCUT2D eigenvalue weighted by Gasteiger charge is -2.42. The lowest BCUT2D eigenvalue weighted by Crippen LogP contribution is -2.47. The summed E-state index contributed by atoms with van der Waals surface area (Å²) in [5, 5.41) is 8.58. The van der Waals surface area contributed by atoms with Crippen molar-refractivity contribution in [2.45, 2.75) is 58.3 Å². The minimum absolute atomic E-state index is 0.0159. The van der Waals surface area contributed by atoms with Crippen molar-refractivity contribution < 1.29 is 4.74 Å². The second-order valence-electron chi connectivity index (χ2n) is 7.60. The van der Waals surface area contributed by atoms with Crippen LogP contribution in [0.15, 0.2) is 24.4 Å². The molecule has 0 amide bonds. The van der Waals surface area contributed by atoms with E-state index >= 15 is 0 Å². The van der Waals surface area contributed by atoms with Crippen LogP contribution in [-0.4, -0.2) is 26.7 Å². The van der Waals surface area contributed by atoms with Crippen molar-refractivity contribution in [1.82, 2.24) is 15.0 Å². The highest BCUT2D eigenvalue weighted by Crippen LogP contribution is 2.32. The summed E-state index contributed by atoms with van der Waals surface area (Å²) in [5.74, 6) is 7.21. The van der Waals surface area contributed by atoms with Crippen LogP contribution < -0.4 is 0 Å². The van der Waals surface area contributed by atoms with Gasteiger partial charge in [-0.25, -0.2) is 4.68 Å². The molecule has 1 aliphatic heterocycles. The summed E-state index contributed by atoms with van der Waals surface area (Å²) < 4.78 is 7.72. The van der Waals surface area contributed by atoms with E-state index in [4.69, 9.17) is 4.74 Å². The molecule has 1 atom stereocenters. The third-order valence-corrected chi connectivity index (χ3v) is 4.63. The molecule has 0 spiro atoms. The van der Waals surface area contributed by atoms with Gasteiger partial charge in [-0.2, -0.15) is 0 Å². The zero-order valence-corrected chi connectivity index (χ0v) is 14.5. The molecular weight excluding hydrogens is 298 g/mol. The highest BCUT2D eigenvalue weighted by atomic mass is 16.5. The molecule has 0 radical (unpaired) electrons. The molecule has 2 aromatic rings. The fraction of sp³-hybridized carbons (Fsp3) is 0.500. The molecule has 1 saturated heterocycles. The SMILES string of the molecule is Cc1cc(C#CC2CC2)ccc1-c1cn(CC2CC(C)(C)O2)nn1.